The van der Waals surface area contributed by atoms with Crippen molar-refractivity contribution >= 4 is 11.7 Å². The Bertz CT molecular complexity index is 502. The maximum Gasteiger partial charge on any atom is 0.321 e. The number of hydrogen-bond donors (Lipinski definition) is 2. The number of urea groups is 1. The fraction of sp³-hybridized carbons (Fsp3) is 0.500. The van der Waals surface area contributed by atoms with Gasteiger partial charge in [-0.25, -0.2) is 13.6 Å². The summed E-state index contributed by atoms with van der Waals surface area (Å²) in [5.74, 6) is -1.53. The Morgan fingerprint density at radius 2 is 2.05 bits per heavy atom. The fourth-order valence-corrected chi connectivity index (χ4v) is 2.51. The van der Waals surface area contributed by atoms with Crippen LogP contribution in [0.2, 0.25) is 0 Å². The smallest absolute Gasteiger partial charge is 0.321 e. The van der Waals surface area contributed by atoms with Crippen molar-refractivity contribution in [2.45, 2.75) is 31.3 Å². The molecule has 0 aliphatic heterocycles. The lowest BCUT2D eigenvalue weighted by Gasteiger charge is -2.28. The number of rotatable bonds is 3. The summed E-state index contributed by atoms with van der Waals surface area (Å²) in [6.45, 7) is 0.196. The van der Waals surface area contributed by atoms with Crippen molar-refractivity contribution in [3.05, 3.63) is 29.8 Å². The van der Waals surface area contributed by atoms with Crippen LogP contribution in [0.4, 0.5) is 19.3 Å². The Labute approximate surface area is 116 Å². The zero-order valence-electron chi connectivity index (χ0n) is 11.3. The first-order valence-electron chi connectivity index (χ1n) is 6.59. The molecule has 2 rings (SSSR count). The highest BCUT2D eigenvalue weighted by Gasteiger charge is 2.33. The van der Waals surface area contributed by atoms with Gasteiger partial charge in [0.2, 0.25) is 0 Å². The molecule has 4 nitrogen and oxygen atoms in total. The molecule has 1 aliphatic carbocycles. The number of amides is 2. The largest absolute Gasteiger partial charge is 0.388 e. The van der Waals surface area contributed by atoms with Crippen LogP contribution in [0.1, 0.15) is 25.7 Å². The molecule has 1 aromatic rings. The highest BCUT2D eigenvalue weighted by molar-refractivity contribution is 5.89. The molecule has 1 aromatic carbocycles. The van der Waals surface area contributed by atoms with Gasteiger partial charge < -0.3 is 15.3 Å². The predicted molar refractivity (Wildman–Crippen MR) is 71.4 cm³/mol. The van der Waals surface area contributed by atoms with Gasteiger partial charge in [-0.15, -0.1) is 0 Å². The predicted octanol–water partition coefficient (Wildman–Crippen LogP) is 2.73. The van der Waals surface area contributed by atoms with Crippen LogP contribution in [0.5, 0.6) is 0 Å². The Hall–Kier alpha value is -1.69. The van der Waals surface area contributed by atoms with Gasteiger partial charge in [-0.05, 0) is 25.0 Å². The van der Waals surface area contributed by atoms with Crippen molar-refractivity contribution in [3.8, 4) is 0 Å². The van der Waals surface area contributed by atoms with Gasteiger partial charge in [0.05, 0.1) is 17.8 Å². The molecule has 1 saturated carbocycles. The number of halogens is 2. The molecule has 20 heavy (non-hydrogen) atoms. The van der Waals surface area contributed by atoms with Gasteiger partial charge in [0.15, 0.2) is 0 Å². The third-order valence-electron chi connectivity index (χ3n) is 3.59. The van der Waals surface area contributed by atoms with E-state index in [1.54, 1.807) is 0 Å². The second-order valence-electron chi connectivity index (χ2n) is 5.34. The van der Waals surface area contributed by atoms with E-state index in [0.29, 0.717) is 18.9 Å². The van der Waals surface area contributed by atoms with E-state index in [0.717, 1.165) is 18.9 Å². The number of nitrogens with one attached hydrogen (secondary N) is 1. The quantitative estimate of drug-likeness (QED) is 0.896. The molecule has 0 atom stereocenters. The molecule has 6 heteroatoms. The van der Waals surface area contributed by atoms with Gasteiger partial charge >= 0.3 is 6.03 Å². The van der Waals surface area contributed by atoms with Crippen LogP contribution in [0.15, 0.2) is 18.2 Å². The molecule has 0 heterocycles. The molecule has 0 radical (unpaired) electrons. The van der Waals surface area contributed by atoms with E-state index in [1.165, 1.54) is 18.0 Å². The van der Waals surface area contributed by atoms with Crippen LogP contribution in [0.3, 0.4) is 0 Å². The molecule has 0 unspecified atom stereocenters. The molecule has 2 N–H and O–H groups in total. The maximum absolute atomic E-state index is 13.4. The van der Waals surface area contributed by atoms with Crippen molar-refractivity contribution in [1.82, 2.24) is 4.90 Å². The minimum atomic E-state index is -0.854. The van der Waals surface area contributed by atoms with E-state index in [-0.39, 0.29) is 12.2 Å². The third kappa shape index (κ3) is 3.45. The van der Waals surface area contributed by atoms with Crippen LogP contribution in [-0.2, 0) is 0 Å². The normalized spacial score (nSPS) is 17.0. The van der Waals surface area contributed by atoms with Gasteiger partial charge in [-0.3, -0.25) is 0 Å². The van der Waals surface area contributed by atoms with Crippen molar-refractivity contribution in [3.63, 3.8) is 0 Å². The lowest BCUT2D eigenvalue weighted by molar-refractivity contribution is 0.0261. The minimum Gasteiger partial charge on any atom is -0.388 e. The molecule has 1 fully saturated rings. The Kier molecular flexibility index (Phi) is 4.23. The van der Waals surface area contributed by atoms with Crippen molar-refractivity contribution in [1.29, 1.82) is 0 Å². The van der Waals surface area contributed by atoms with Crippen LogP contribution >= 0.6 is 0 Å². The number of anilines is 1. The molecule has 0 aromatic heterocycles. The summed E-state index contributed by atoms with van der Waals surface area (Å²) in [6.07, 6.45) is 3.21. The van der Waals surface area contributed by atoms with Crippen LogP contribution < -0.4 is 5.32 Å². The second-order valence-corrected chi connectivity index (χ2v) is 5.34. The average Bonchev–Trinajstić information content (AvgIpc) is 2.79. The van der Waals surface area contributed by atoms with E-state index < -0.39 is 23.3 Å². The molecule has 2 amide bonds. The zero-order chi connectivity index (χ0) is 14.8. The summed E-state index contributed by atoms with van der Waals surface area (Å²) in [7, 11) is 1.53. The molecule has 0 spiro atoms. The zero-order valence-corrected chi connectivity index (χ0v) is 11.3. The third-order valence-corrected chi connectivity index (χ3v) is 3.59. The number of nitrogens with zero attached hydrogens (tertiary/aromatic N) is 1. The average molecular weight is 284 g/mol. The molecular weight excluding hydrogens is 266 g/mol. The summed E-state index contributed by atoms with van der Waals surface area (Å²) in [5, 5.41) is 12.6. The summed E-state index contributed by atoms with van der Waals surface area (Å²) < 4.78 is 26.2. The fourth-order valence-electron chi connectivity index (χ4n) is 2.51. The minimum absolute atomic E-state index is 0.0818. The van der Waals surface area contributed by atoms with Crippen LogP contribution in [0.25, 0.3) is 0 Å². The van der Waals surface area contributed by atoms with Gasteiger partial charge in [0.1, 0.15) is 11.6 Å². The van der Waals surface area contributed by atoms with Gasteiger partial charge in [0.25, 0.3) is 0 Å². The van der Waals surface area contributed by atoms with Gasteiger partial charge in [-0.1, -0.05) is 12.8 Å². The Balaban J connectivity index is 1.97. The Morgan fingerprint density at radius 3 is 2.65 bits per heavy atom. The first kappa shape index (κ1) is 14.7. The van der Waals surface area contributed by atoms with Gasteiger partial charge in [-0.2, -0.15) is 0 Å². The van der Waals surface area contributed by atoms with Crippen LogP contribution in [-0.4, -0.2) is 35.2 Å². The standard InChI is InChI=1S/C14H18F2N2O2/c1-18(9-14(20)6-2-3-7-14)13(19)17-12-5-4-10(15)8-11(12)16/h4-5,8,20H,2-3,6-7,9H2,1H3,(H,17,19). The summed E-state index contributed by atoms with van der Waals surface area (Å²) in [4.78, 5) is 13.2. The highest BCUT2D eigenvalue weighted by atomic mass is 19.1. The molecule has 0 bridgehead atoms. The van der Waals surface area contributed by atoms with Gasteiger partial charge in [0, 0.05) is 13.1 Å². The number of likely N-dealkylation sites (N-methyl/N-ethyl adjacent to an activating group) is 1. The number of benzene rings is 1. The van der Waals surface area contributed by atoms with Crippen LogP contribution in [0, 0.1) is 11.6 Å². The van der Waals surface area contributed by atoms with E-state index in [4.69, 9.17) is 0 Å². The first-order valence-corrected chi connectivity index (χ1v) is 6.59. The number of aliphatic hydroxyl groups is 1. The summed E-state index contributed by atoms with van der Waals surface area (Å²) in [5.41, 5.74) is -0.936. The lowest BCUT2D eigenvalue weighted by Crippen LogP contribution is -2.43. The highest BCUT2D eigenvalue weighted by Crippen LogP contribution is 2.30. The number of carbonyl (C=O) groups excluding carboxylic acids is 1. The SMILES string of the molecule is CN(CC1(O)CCCC1)C(=O)Nc1ccc(F)cc1F. The second kappa shape index (κ2) is 5.75. The van der Waals surface area contributed by atoms with Crippen molar-refractivity contribution < 1.29 is 18.7 Å². The van der Waals surface area contributed by atoms with E-state index in [1.807, 2.05) is 0 Å². The van der Waals surface area contributed by atoms with Crippen molar-refractivity contribution in [2.75, 3.05) is 18.9 Å². The monoisotopic (exact) mass is 284 g/mol. The topological polar surface area (TPSA) is 52.6 Å². The van der Waals surface area contributed by atoms with E-state index in [9.17, 15) is 18.7 Å². The molecule has 110 valence electrons. The first-order chi connectivity index (χ1) is 9.39. The van der Waals surface area contributed by atoms with Crippen molar-refractivity contribution in [2.24, 2.45) is 0 Å². The summed E-state index contributed by atoms with van der Waals surface area (Å²) >= 11 is 0. The number of hydrogen-bond acceptors (Lipinski definition) is 2. The van der Waals surface area contributed by atoms with E-state index >= 15 is 0 Å². The molecular formula is C14H18F2N2O2. The summed E-state index contributed by atoms with van der Waals surface area (Å²) in [6, 6.07) is 2.42. The lowest BCUT2D eigenvalue weighted by atomic mass is 10.0. The van der Waals surface area contributed by atoms with E-state index in [2.05, 4.69) is 5.32 Å². The molecule has 1 aliphatic rings. The molecule has 0 saturated heterocycles. The Morgan fingerprint density at radius 1 is 1.40 bits per heavy atom. The maximum atomic E-state index is 13.4. The number of carbonyl (C=O) groups is 1.